The largest absolute Gasteiger partial charge is 0.368 e. The van der Waals surface area contributed by atoms with Crippen LogP contribution in [0.15, 0.2) is 35.6 Å². The van der Waals surface area contributed by atoms with Crippen molar-refractivity contribution >= 4 is 44.9 Å². The molecule has 0 N–H and O–H groups in total. The molecule has 0 unspecified atom stereocenters. The molecule has 5 rings (SSSR count). The summed E-state index contributed by atoms with van der Waals surface area (Å²) in [4.78, 5) is 28.3. The van der Waals surface area contributed by atoms with Crippen molar-refractivity contribution in [1.29, 1.82) is 0 Å². The molecule has 2 aromatic heterocycles. The minimum atomic E-state index is -0.227. The summed E-state index contributed by atoms with van der Waals surface area (Å²) in [6.45, 7) is 2.89. The Morgan fingerprint density at radius 2 is 1.90 bits per heavy atom. The maximum Gasteiger partial charge on any atom is 0.233 e. The molecule has 1 aliphatic carbocycles. The van der Waals surface area contributed by atoms with Crippen LogP contribution in [0.25, 0.3) is 10.2 Å². The predicted octanol–water partition coefficient (Wildman–Crippen LogP) is 3.76. The minimum Gasteiger partial charge on any atom is -0.368 e. The molecular weight excluding hydrogens is 407 g/mol. The van der Waals surface area contributed by atoms with E-state index in [1.54, 1.807) is 29.8 Å². The number of rotatable bonds is 4. The summed E-state index contributed by atoms with van der Waals surface area (Å²) in [6, 6.07) is 6.55. The van der Waals surface area contributed by atoms with E-state index in [1.807, 2.05) is 4.90 Å². The number of thioether (sulfide) groups is 1. The normalized spacial score (nSPS) is 16.4. The lowest BCUT2D eigenvalue weighted by molar-refractivity contribution is -0.128. The van der Waals surface area contributed by atoms with E-state index < -0.39 is 0 Å². The number of amides is 1. The molecule has 1 amide bonds. The van der Waals surface area contributed by atoms with E-state index in [9.17, 15) is 9.18 Å². The zero-order chi connectivity index (χ0) is 19.8. The number of hydrogen-bond acceptors (Lipinski definition) is 6. The highest BCUT2D eigenvalue weighted by Gasteiger charge is 2.24. The summed E-state index contributed by atoms with van der Waals surface area (Å²) < 4.78 is 13.1. The van der Waals surface area contributed by atoms with Gasteiger partial charge in [0.15, 0.2) is 0 Å². The Balaban J connectivity index is 1.21. The summed E-state index contributed by atoms with van der Waals surface area (Å²) in [6.07, 6.45) is 5.04. The first-order valence-corrected chi connectivity index (χ1v) is 11.7. The van der Waals surface area contributed by atoms with Crippen LogP contribution in [0.4, 0.5) is 10.1 Å². The van der Waals surface area contributed by atoms with Gasteiger partial charge in [0.2, 0.25) is 5.91 Å². The molecule has 3 heterocycles. The lowest BCUT2D eigenvalue weighted by atomic mass is 10.2. The first-order valence-electron chi connectivity index (χ1n) is 9.85. The number of fused-ring (bicyclic) bond motifs is 3. The van der Waals surface area contributed by atoms with Crippen LogP contribution in [-0.2, 0) is 17.6 Å². The summed E-state index contributed by atoms with van der Waals surface area (Å²) in [5, 5.41) is 2.11. The second-order valence-electron chi connectivity index (χ2n) is 7.35. The van der Waals surface area contributed by atoms with Crippen LogP contribution in [0.2, 0.25) is 0 Å². The molecule has 0 saturated carbocycles. The van der Waals surface area contributed by atoms with Gasteiger partial charge >= 0.3 is 0 Å². The quantitative estimate of drug-likeness (QED) is 0.468. The van der Waals surface area contributed by atoms with Gasteiger partial charge in [-0.2, -0.15) is 0 Å². The first kappa shape index (κ1) is 18.8. The fraction of sp³-hybridized carbons (Fsp3) is 0.381. The van der Waals surface area contributed by atoms with Gasteiger partial charge in [-0.05, 0) is 49.1 Å². The molecule has 5 nitrogen and oxygen atoms in total. The number of nitrogens with zero attached hydrogens (tertiary/aromatic N) is 4. The monoisotopic (exact) mass is 428 g/mol. The molecule has 8 heteroatoms. The van der Waals surface area contributed by atoms with Gasteiger partial charge < -0.3 is 9.80 Å². The highest BCUT2D eigenvalue weighted by molar-refractivity contribution is 8.00. The van der Waals surface area contributed by atoms with Crippen molar-refractivity contribution in [1.82, 2.24) is 14.9 Å². The van der Waals surface area contributed by atoms with Crippen molar-refractivity contribution in [3.05, 3.63) is 46.9 Å². The Morgan fingerprint density at radius 3 is 2.69 bits per heavy atom. The molecule has 1 aromatic carbocycles. The van der Waals surface area contributed by atoms with Gasteiger partial charge in [-0.15, -0.1) is 11.3 Å². The van der Waals surface area contributed by atoms with Crippen LogP contribution in [0, 0.1) is 5.82 Å². The van der Waals surface area contributed by atoms with Gasteiger partial charge in [-0.25, -0.2) is 14.4 Å². The highest BCUT2D eigenvalue weighted by atomic mass is 32.2. The van der Waals surface area contributed by atoms with Crippen LogP contribution in [0.1, 0.15) is 16.9 Å². The third-order valence-corrected chi connectivity index (χ3v) is 7.80. The topological polar surface area (TPSA) is 49.3 Å². The number of carbonyl (C=O) groups excluding carboxylic acids is 1. The summed E-state index contributed by atoms with van der Waals surface area (Å²) in [5.41, 5.74) is 2.40. The maximum atomic E-state index is 13.1. The molecular formula is C21H21FN4OS2. The smallest absolute Gasteiger partial charge is 0.233 e. The molecule has 29 heavy (non-hydrogen) atoms. The maximum absolute atomic E-state index is 13.1. The molecule has 0 spiro atoms. The van der Waals surface area contributed by atoms with Gasteiger partial charge in [0.05, 0.1) is 5.75 Å². The Hall–Kier alpha value is -2.19. The molecule has 1 fully saturated rings. The second kappa shape index (κ2) is 7.91. The molecule has 0 radical (unpaired) electrons. The first-order chi connectivity index (χ1) is 14.2. The minimum absolute atomic E-state index is 0.146. The number of hydrogen-bond donors (Lipinski definition) is 0. The fourth-order valence-corrected chi connectivity index (χ4v) is 6.32. The van der Waals surface area contributed by atoms with Crippen LogP contribution in [-0.4, -0.2) is 52.7 Å². The number of anilines is 1. The zero-order valence-electron chi connectivity index (χ0n) is 15.9. The summed E-state index contributed by atoms with van der Waals surface area (Å²) in [5.74, 6) is 0.315. The number of thiophene rings is 1. The number of benzene rings is 1. The van der Waals surface area contributed by atoms with Crippen molar-refractivity contribution in [3.63, 3.8) is 0 Å². The van der Waals surface area contributed by atoms with Crippen molar-refractivity contribution in [2.75, 3.05) is 36.8 Å². The molecule has 150 valence electrons. The number of halogens is 1. The standard InChI is InChI=1S/C21H21FN4OS2/c22-14-4-6-15(7-5-14)25-8-10-26(11-9-25)18(27)12-28-20-19-16-2-1-3-17(16)29-21(19)24-13-23-20/h4-7,13H,1-3,8-12H2. The van der Waals surface area contributed by atoms with E-state index in [1.165, 1.54) is 46.1 Å². The average molecular weight is 429 g/mol. The highest BCUT2D eigenvalue weighted by Crippen LogP contribution is 2.40. The Morgan fingerprint density at radius 1 is 1.10 bits per heavy atom. The fourth-order valence-electron chi connectivity index (χ4n) is 4.10. The average Bonchev–Trinajstić information content (AvgIpc) is 3.34. The van der Waals surface area contributed by atoms with Gasteiger partial charge in [0.25, 0.3) is 0 Å². The van der Waals surface area contributed by atoms with E-state index in [0.29, 0.717) is 18.8 Å². The van der Waals surface area contributed by atoms with Crippen molar-refractivity contribution in [3.8, 4) is 0 Å². The summed E-state index contributed by atoms with van der Waals surface area (Å²) in [7, 11) is 0. The lowest BCUT2D eigenvalue weighted by Gasteiger charge is -2.36. The molecule has 1 saturated heterocycles. The van der Waals surface area contributed by atoms with Crippen LogP contribution in [0.3, 0.4) is 0 Å². The predicted molar refractivity (Wildman–Crippen MR) is 115 cm³/mol. The number of piperazine rings is 1. The van der Waals surface area contributed by atoms with Crippen molar-refractivity contribution < 1.29 is 9.18 Å². The van der Waals surface area contributed by atoms with E-state index in [2.05, 4.69) is 14.9 Å². The Bertz CT molecular complexity index is 1040. The van der Waals surface area contributed by atoms with E-state index in [0.717, 1.165) is 41.5 Å². The Kier molecular flexibility index (Phi) is 5.13. The molecule has 0 bridgehead atoms. The van der Waals surface area contributed by atoms with E-state index >= 15 is 0 Å². The molecule has 0 atom stereocenters. The number of aromatic nitrogens is 2. The number of aryl methyl sites for hydroxylation is 2. The van der Waals surface area contributed by atoms with Gasteiger partial charge in [-0.3, -0.25) is 4.79 Å². The van der Waals surface area contributed by atoms with E-state index in [4.69, 9.17) is 0 Å². The van der Waals surface area contributed by atoms with Crippen molar-refractivity contribution in [2.45, 2.75) is 24.3 Å². The van der Waals surface area contributed by atoms with Crippen molar-refractivity contribution in [2.24, 2.45) is 0 Å². The molecule has 1 aliphatic heterocycles. The van der Waals surface area contributed by atoms with Gasteiger partial charge in [0.1, 0.15) is 22.0 Å². The Labute approximate surface area is 176 Å². The summed E-state index contributed by atoms with van der Waals surface area (Å²) >= 11 is 3.30. The SMILES string of the molecule is O=C(CSc1ncnc2sc3c(c12)CCC3)N1CCN(c2ccc(F)cc2)CC1. The van der Waals surface area contributed by atoms with Crippen LogP contribution >= 0.6 is 23.1 Å². The third-order valence-electron chi connectivity index (χ3n) is 5.62. The van der Waals surface area contributed by atoms with Gasteiger partial charge in [0, 0.05) is 42.1 Å². The second-order valence-corrected chi connectivity index (χ2v) is 9.40. The van der Waals surface area contributed by atoms with Gasteiger partial charge in [-0.1, -0.05) is 11.8 Å². The molecule has 3 aromatic rings. The lowest BCUT2D eigenvalue weighted by Crippen LogP contribution is -2.49. The van der Waals surface area contributed by atoms with Crippen LogP contribution < -0.4 is 4.90 Å². The van der Waals surface area contributed by atoms with Crippen LogP contribution in [0.5, 0.6) is 0 Å². The third kappa shape index (κ3) is 3.71. The van der Waals surface area contributed by atoms with E-state index in [-0.39, 0.29) is 11.7 Å². The molecule has 2 aliphatic rings. The number of carbonyl (C=O) groups is 1. The zero-order valence-corrected chi connectivity index (χ0v) is 17.6.